The highest BCUT2D eigenvalue weighted by molar-refractivity contribution is 5.83. The maximum atomic E-state index is 14.8. The SMILES string of the molecule is CC12CCC3C4CCC(O)CC4=C(F)CC3C1CCC2C(=O)CO. The maximum absolute atomic E-state index is 14.8. The number of rotatable bonds is 2. The molecule has 2 N–H and O–H groups in total. The highest BCUT2D eigenvalue weighted by Crippen LogP contribution is 2.64. The average Bonchev–Trinajstić information content (AvgIpc) is 2.92. The topological polar surface area (TPSA) is 57.5 Å². The zero-order chi connectivity index (χ0) is 17.1. The van der Waals surface area contributed by atoms with E-state index >= 15 is 0 Å². The summed E-state index contributed by atoms with van der Waals surface area (Å²) in [5.41, 5.74) is 0.840. The first-order chi connectivity index (χ1) is 11.5. The summed E-state index contributed by atoms with van der Waals surface area (Å²) >= 11 is 0. The molecule has 134 valence electrons. The molecular weight excluding hydrogens is 307 g/mol. The second-order valence-corrected chi connectivity index (χ2v) is 8.91. The first-order valence-electron chi connectivity index (χ1n) is 9.64. The Bertz CT molecular complexity index is 571. The van der Waals surface area contributed by atoms with Gasteiger partial charge in [-0.2, -0.15) is 0 Å². The first-order valence-corrected chi connectivity index (χ1v) is 9.64. The highest BCUT2D eigenvalue weighted by Gasteiger charge is 2.58. The van der Waals surface area contributed by atoms with Crippen LogP contribution in [0, 0.1) is 35.0 Å². The van der Waals surface area contributed by atoms with Crippen LogP contribution in [0.4, 0.5) is 4.39 Å². The Morgan fingerprint density at radius 3 is 2.71 bits per heavy atom. The summed E-state index contributed by atoms with van der Waals surface area (Å²) in [6.07, 6.45) is 6.28. The second kappa shape index (κ2) is 5.91. The van der Waals surface area contributed by atoms with Gasteiger partial charge in [-0.25, -0.2) is 4.39 Å². The molecule has 4 rings (SSSR count). The molecule has 0 aromatic heterocycles. The number of hydrogen-bond acceptors (Lipinski definition) is 3. The third kappa shape index (κ3) is 2.33. The number of halogens is 1. The minimum Gasteiger partial charge on any atom is -0.393 e. The molecule has 0 aliphatic heterocycles. The molecule has 4 aliphatic carbocycles. The summed E-state index contributed by atoms with van der Waals surface area (Å²) in [7, 11) is 0. The molecular formula is C20H29FO3. The van der Waals surface area contributed by atoms with Gasteiger partial charge in [0.2, 0.25) is 0 Å². The third-order valence-corrected chi connectivity index (χ3v) is 8.03. The van der Waals surface area contributed by atoms with Crippen molar-refractivity contribution in [1.82, 2.24) is 0 Å². The van der Waals surface area contributed by atoms with Crippen molar-refractivity contribution < 1.29 is 19.4 Å². The number of allylic oxidation sites excluding steroid dienone is 1. The summed E-state index contributed by atoms with van der Waals surface area (Å²) in [5, 5.41) is 19.2. The van der Waals surface area contributed by atoms with Gasteiger partial charge in [-0.15, -0.1) is 0 Å². The number of ketones is 1. The molecule has 4 aliphatic rings. The van der Waals surface area contributed by atoms with Gasteiger partial charge < -0.3 is 10.2 Å². The van der Waals surface area contributed by atoms with Crippen LogP contribution in [0.15, 0.2) is 11.4 Å². The Morgan fingerprint density at radius 1 is 1.17 bits per heavy atom. The lowest BCUT2D eigenvalue weighted by Gasteiger charge is -2.53. The van der Waals surface area contributed by atoms with Gasteiger partial charge in [0, 0.05) is 12.3 Å². The summed E-state index contributed by atoms with van der Waals surface area (Å²) in [4.78, 5) is 12.2. The van der Waals surface area contributed by atoms with Crippen molar-refractivity contribution >= 4 is 5.78 Å². The van der Waals surface area contributed by atoms with Crippen LogP contribution in [0.2, 0.25) is 0 Å². The molecule has 3 nitrogen and oxygen atoms in total. The normalized spacial score (nSPS) is 47.8. The fraction of sp³-hybridized carbons (Fsp3) is 0.850. The quantitative estimate of drug-likeness (QED) is 0.812. The Labute approximate surface area is 143 Å². The molecule has 24 heavy (non-hydrogen) atoms. The van der Waals surface area contributed by atoms with Crippen molar-refractivity contribution in [3.8, 4) is 0 Å². The number of fused-ring (bicyclic) bond motifs is 5. The Kier molecular flexibility index (Phi) is 4.12. The lowest BCUT2D eigenvalue weighted by molar-refractivity contribution is -0.131. The van der Waals surface area contributed by atoms with Gasteiger partial charge in [-0.3, -0.25) is 4.79 Å². The van der Waals surface area contributed by atoms with Crippen LogP contribution >= 0.6 is 0 Å². The van der Waals surface area contributed by atoms with Crippen molar-refractivity contribution in [1.29, 1.82) is 0 Å². The predicted octanol–water partition coefficient (Wildman–Crippen LogP) is 3.39. The van der Waals surface area contributed by atoms with Crippen LogP contribution in [0.3, 0.4) is 0 Å². The molecule has 0 aromatic rings. The highest BCUT2D eigenvalue weighted by atomic mass is 19.1. The fourth-order valence-electron chi connectivity index (χ4n) is 6.93. The number of hydrogen-bond donors (Lipinski definition) is 2. The molecule has 0 saturated heterocycles. The van der Waals surface area contributed by atoms with Crippen molar-refractivity contribution in [2.24, 2.45) is 35.0 Å². The summed E-state index contributed by atoms with van der Waals surface area (Å²) < 4.78 is 14.8. The number of carbonyl (C=O) groups excluding carboxylic acids is 1. The molecule has 7 atom stereocenters. The molecule has 7 unspecified atom stereocenters. The molecule has 0 radical (unpaired) electrons. The van der Waals surface area contributed by atoms with Crippen LogP contribution in [0.1, 0.15) is 58.3 Å². The lowest BCUT2D eigenvalue weighted by Crippen LogP contribution is -2.48. The molecule has 4 heteroatoms. The van der Waals surface area contributed by atoms with Crippen LogP contribution in [0.5, 0.6) is 0 Å². The minimum atomic E-state index is -0.370. The van der Waals surface area contributed by atoms with Crippen LogP contribution in [0.25, 0.3) is 0 Å². The molecule has 3 fully saturated rings. The smallest absolute Gasteiger partial charge is 0.161 e. The van der Waals surface area contributed by atoms with Gasteiger partial charge >= 0.3 is 0 Å². The molecule has 0 aromatic carbocycles. The molecule has 0 amide bonds. The molecule has 0 heterocycles. The van der Waals surface area contributed by atoms with Gasteiger partial charge in [0.1, 0.15) is 6.61 Å². The minimum absolute atomic E-state index is 0.0215. The molecule has 3 saturated carbocycles. The van der Waals surface area contributed by atoms with Crippen molar-refractivity contribution in [2.75, 3.05) is 6.61 Å². The zero-order valence-electron chi connectivity index (χ0n) is 14.5. The van der Waals surface area contributed by atoms with Crippen molar-refractivity contribution in [3.05, 3.63) is 11.4 Å². The fourth-order valence-corrected chi connectivity index (χ4v) is 6.93. The number of carbonyl (C=O) groups is 1. The van der Waals surface area contributed by atoms with Gasteiger partial charge in [0.25, 0.3) is 0 Å². The van der Waals surface area contributed by atoms with E-state index in [2.05, 4.69) is 6.92 Å². The van der Waals surface area contributed by atoms with E-state index in [4.69, 9.17) is 0 Å². The standard InChI is InChI=1S/C20H29FO3/c1-20-7-6-13-12-3-2-11(23)8-15(12)18(21)9-14(13)16(20)4-5-17(20)19(24)10-22/h11-14,16-17,22-23H,2-10H2,1H3. The van der Waals surface area contributed by atoms with E-state index in [-0.39, 0.29) is 35.7 Å². The summed E-state index contributed by atoms with van der Waals surface area (Å²) in [6.45, 7) is 1.85. The van der Waals surface area contributed by atoms with Gasteiger partial charge in [-0.1, -0.05) is 6.92 Å². The van der Waals surface area contributed by atoms with Crippen molar-refractivity contribution in [3.63, 3.8) is 0 Å². The average molecular weight is 336 g/mol. The first kappa shape index (κ1) is 16.7. The monoisotopic (exact) mass is 336 g/mol. The van der Waals surface area contributed by atoms with E-state index in [1.54, 1.807) is 0 Å². The van der Waals surface area contributed by atoms with E-state index in [0.29, 0.717) is 36.5 Å². The maximum Gasteiger partial charge on any atom is 0.161 e. The van der Waals surface area contributed by atoms with Crippen LogP contribution in [-0.2, 0) is 4.79 Å². The number of Topliss-reactive ketones (excluding diaryl/α,β-unsaturated/α-hetero) is 1. The third-order valence-electron chi connectivity index (χ3n) is 8.03. The van der Waals surface area contributed by atoms with Crippen LogP contribution < -0.4 is 0 Å². The van der Waals surface area contributed by atoms with Crippen molar-refractivity contribution in [2.45, 2.75) is 64.4 Å². The van der Waals surface area contributed by atoms with E-state index in [9.17, 15) is 19.4 Å². The largest absolute Gasteiger partial charge is 0.393 e. The Morgan fingerprint density at radius 2 is 1.96 bits per heavy atom. The number of aliphatic hydroxyl groups excluding tert-OH is 2. The number of aliphatic hydroxyl groups is 2. The molecule has 0 spiro atoms. The van der Waals surface area contributed by atoms with Gasteiger partial charge in [0.05, 0.1) is 11.9 Å². The summed E-state index contributed by atoms with van der Waals surface area (Å²) in [5.74, 6) is 1.53. The molecule has 0 bridgehead atoms. The van der Waals surface area contributed by atoms with E-state index < -0.39 is 0 Å². The Hall–Kier alpha value is -0.740. The van der Waals surface area contributed by atoms with E-state index in [1.807, 2.05) is 0 Å². The Balaban J connectivity index is 1.63. The zero-order valence-corrected chi connectivity index (χ0v) is 14.5. The second-order valence-electron chi connectivity index (χ2n) is 8.91. The summed E-state index contributed by atoms with van der Waals surface area (Å²) in [6, 6.07) is 0. The lowest BCUT2D eigenvalue weighted by atomic mass is 9.51. The van der Waals surface area contributed by atoms with Crippen LogP contribution in [-0.4, -0.2) is 28.7 Å². The van der Waals surface area contributed by atoms with Gasteiger partial charge in [0.15, 0.2) is 5.78 Å². The van der Waals surface area contributed by atoms with E-state index in [1.165, 1.54) is 0 Å². The van der Waals surface area contributed by atoms with Gasteiger partial charge in [-0.05, 0) is 79.6 Å². The van der Waals surface area contributed by atoms with E-state index in [0.717, 1.165) is 44.1 Å². The predicted molar refractivity (Wildman–Crippen MR) is 88.7 cm³/mol.